The molecular weight excluding hydrogens is 355 g/mol. The van der Waals surface area contributed by atoms with Gasteiger partial charge in [0.05, 0.1) is 21.8 Å². The molecule has 1 unspecified atom stereocenters. The Kier molecular flexibility index (Phi) is 4.80. The number of anilines is 1. The molecular formula is C16H14Cl2N2O2S. The molecule has 0 aromatic heterocycles. The summed E-state index contributed by atoms with van der Waals surface area (Å²) >= 11 is 17.5. The van der Waals surface area contributed by atoms with Gasteiger partial charge in [0.25, 0.3) is 0 Å². The Morgan fingerprint density at radius 3 is 2.78 bits per heavy atom. The van der Waals surface area contributed by atoms with Crippen LogP contribution in [0, 0.1) is 0 Å². The van der Waals surface area contributed by atoms with Gasteiger partial charge in [-0.2, -0.15) is 0 Å². The van der Waals surface area contributed by atoms with Crippen LogP contribution in [0.15, 0.2) is 36.4 Å². The number of halogens is 2. The molecule has 3 rings (SSSR count). The molecule has 2 aromatic carbocycles. The first-order valence-electron chi connectivity index (χ1n) is 6.95. The van der Waals surface area contributed by atoms with Crippen molar-refractivity contribution in [1.29, 1.82) is 0 Å². The molecule has 0 saturated heterocycles. The van der Waals surface area contributed by atoms with Crippen LogP contribution in [-0.4, -0.2) is 11.9 Å². The predicted molar refractivity (Wildman–Crippen MR) is 96.8 cm³/mol. The van der Waals surface area contributed by atoms with Gasteiger partial charge in [-0.1, -0.05) is 35.3 Å². The van der Waals surface area contributed by atoms with Crippen molar-refractivity contribution >= 4 is 46.2 Å². The Hall–Kier alpha value is -1.69. The number of rotatable bonds is 3. The summed E-state index contributed by atoms with van der Waals surface area (Å²) in [7, 11) is 0. The average Bonchev–Trinajstić information content (AvgIpc) is 2.99. The molecule has 2 N–H and O–H groups in total. The fraction of sp³-hybridized carbons (Fsp3) is 0.188. The molecule has 1 aliphatic rings. The Morgan fingerprint density at radius 1 is 1.17 bits per heavy atom. The second kappa shape index (κ2) is 6.83. The van der Waals surface area contributed by atoms with E-state index >= 15 is 0 Å². The molecule has 1 aliphatic heterocycles. The normalized spacial score (nSPS) is 13.5. The zero-order valence-electron chi connectivity index (χ0n) is 12.2. The van der Waals surface area contributed by atoms with Crippen LogP contribution in [0.5, 0.6) is 11.5 Å². The van der Waals surface area contributed by atoms with Crippen LogP contribution in [-0.2, 0) is 0 Å². The van der Waals surface area contributed by atoms with Crippen molar-refractivity contribution in [2.24, 2.45) is 0 Å². The minimum absolute atomic E-state index is 0.0116. The Labute approximate surface area is 149 Å². The smallest absolute Gasteiger partial charge is 0.231 e. The summed E-state index contributed by atoms with van der Waals surface area (Å²) in [4.78, 5) is 0. The minimum Gasteiger partial charge on any atom is -0.454 e. The number of fused-ring (bicyclic) bond motifs is 1. The van der Waals surface area contributed by atoms with Crippen LogP contribution in [0.3, 0.4) is 0 Å². The highest BCUT2D eigenvalue weighted by Crippen LogP contribution is 2.34. The van der Waals surface area contributed by atoms with Crippen LogP contribution in [0.4, 0.5) is 5.69 Å². The van der Waals surface area contributed by atoms with Crippen molar-refractivity contribution in [3.8, 4) is 11.5 Å². The van der Waals surface area contributed by atoms with E-state index in [4.69, 9.17) is 44.9 Å². The van der Waals surface area contributed by atoms with Crippen LogP contribution < -0.4 is 20.1 Å². The molecule has 120 valence electrons. The third-order valence-electron chi connectivity index (χ3n) is 3.44. The lowest BCUT2D eigenvalue weighted by Crippen LogP contribution is -2.31. The number of hydrogen-bond donors (Lipinski definition) is 2. The number of hydrogen-bond acceptors (Lipinski definition) is 3. The molecule has 0 fully saturated rings. The maximum Gasteiger partial charge on any atom is 0.231 e. The van der Waals surface area contributed by atoms with Crippen LogP contribution in [0.1, 0.15) is 18.5 Å². The maximum absolute atomic E-state index is 6.14. The van der Waals surface area contributed by atoms with E-state index in [0.717, 1.165) is 17.1 Å². The summed E-state index contributed by atoms with van der Waals surface area (Å²) in [6, 6.07) is 11.1. The van der Waals surface area contributed by atoms with E-state index in [1.54, 1.807) is 12.1 Å². The van der Waals surface area contributed by atoms with Crippen LogP contribution in [0.2, 0.25) is 10.0 Å². The van der Waals surface area contributed by atoms with Crippen LogP contribution in [0.25, 0.3) is 0 Å². The van der Waals surface area contributed by atoms with Gasteiger partial charge in [-0.3, -0.25) is 0 Å². The second-order valence-electron chi connectivity index (χ2n) is 5.03. The maximum atomic E-state index is 6.14. The lowest BCUT2D eigenvalue weighted by atomic mass is 10.1. The van der Waals surface area contributed by atoms with E-state index in [1.165, 1.54) is 0 Å². The fourth-order valence-electron chi connectivity index (χ4n) is 2.22. The molecule has 0 radical (unpaired) electrons. The van der Waals surface area contributed by atoms with Crippen molar-refractivity contribution < 1.29 is 9.47 Å². The summed E-state index contributed by atoms with van der Waals surface area (Å²) in [5.41, 5.74) is 1.70. The highest BCUT2D eigenvalue weighted by Gasteiger charge is 2.16. The highest BCUT2D eigenvalue weighted by molar-refractivity contribution is 7.80. The molecule has 1 atom stereocenters. The summed E-state index contributed by atoms with van der Waals surface area (Å²) in [5, 5.41) is 7.63. The third-order valence-corrected chi connectivity index (χ3v) is 4.48. The van der Waals surface area contributed by atoms with Gasteiger partial charge in [0, 0.05) is 0 Å². The topological polar surface area (TPSA) is 42.5 Å². The van der Waals surface area contributed by atoms with Crippen molar-refractivity contribution in [3.63, 3.8) is 0 Å². The highest BCUT2D eigenvalue weighted by atomic mass is 35.5. The second-order valence-corrected chi connectivity index (χ2v) is 6.23. The van der Waals surface area contributed by atoms with Gasteiger partial charge in [-0.05, 0) is 49.0 Å². The molecule has 0 spiro atoms. The Bertz CT molecular complexity index is 755. The van der Waals surface area contributed by atoms with E-state index in [1.807, 2.05) is 31.2 Å². The van der Waals surface area contributed by atoms with Gasteiger partial charge in [0.1, 0.15) is 0 Å². The number of ether oxygens (including phenoxy) is 2. The van der Waals surface area contributed by atoms with E-state index in [0.29, 0.717) is 20.8 Å². The SMILES string of the molecule is CC(NC(=S)Nc1cccc(Cl)c1Cl)c1ccc2c(c1)OCO2. The van der Waals surface area contributed by atoms with Gasteiger partial charge in [0.15, 0.2) is 16.6 Å². The van der Waals surface area contributed by atoms with Gasteiger partial charge < -0.3 is 20.1 Å². The molecule has 4 nitrogen and oxygen atoms in total. The zero-order valence-corrected chi connectivity index (χ0v) is 14.6. The summed E-state index contributed by atoms with van der Waals surface area (Å²) < 4.78 is 10.7. The van der Waals surface area contributed by atoms with E-state index < -0.39 is 0 Å². The zero-order chi connectivity index (χ0) is 16.4. The number of thiocarbonyl (C=S) groups is 1. The lowest BCUT2D eigenvalue weighted by molar-refractivity contribution is 0.174. The molecule has 2 aromatic rings. The summed E-state index contributed by atoms with van der Waals surface area (Å²) in [6.45, 7) is 2.26. The monoisotopic (exact) mass is 368 g/mol. The van der Waals surface area contributed by atoms with E-state index in [2.05, 4.69) is 10.6 Å². The molecule has 0 aliphatic carbocycles. The molecule has 23 heavy (non-hydrogen) atoms. The van der Waals surface area contributed by atoms with Gasteiger partial charge in [-0.25, -0.2) is 0 Å². The van der Waals surface area contributed by atoms with Crippen molar-refractivity contribution in [3.05, 3.63) is 52.0 Å². The quantitative estimate of drug-likeness (QED) is 0.763. The standard InChI is InChI=1S/C16H14Cl2N2O2S/c1-9(10-5-6-13-14(7-10)22-8-21-13)19-16(23)20-12-4-2-3-11(17)15(12)18/h2-7,9H,8H2,1H3,(H2,19,20,23). The molecule has 7 heteroatoms. The summed E-state index contributed by atoms with van der Waals surface area (Å²) in [5.74, 6) is 1.50. The van der Waals surface area contributed by atoms with Crippen LogP contribution >= 0.6 is 35.4 Å². The van der Waals surface area contributed by atoms with Crippen molar-refractivity contribution in [2.75, 3.05) is 12.1 Å². The molecule has 0 amide bonds. The van der Waals surface area contributed by atoms with Crippen molar-refractivity contribution in [1.82, 2.24) is 5.32 Å². The first-order valence-corrected chi connectivity index (χ1v) is 8.12. The molecule has 0 saturated carbocycles. The molecule has 1 heterocycles. The third kappa shape index (κ3) is 3.63. The average molecular weight is 369 g/mol. The van der Waals surface area contributed by atoms with E-state index in [-0.39, 0.29) is 12.8 Å². The first-order chi connectivity index (χ1) is 11.0. The number of benzene rings is 2. The largest absolute Gasteiger partial charge is 0.454 e. The van der Waals surface area contributed by atoms with Gasteiger partial charge in [-0.15, -0.1) is 0 Å². The minimum atomic E-state index is -0.0116. The lowest BCUT2D eigenvalue weighted by Gasteiger charge is -2.18. The Balaban J connectivity index is 1.66. The molecule has 0 bridgehead atoms. The first kappa shape index (κ1) is 16.2. The fourth-order valence-corrected chi connectivity index (χ4v) is 2.86. The van der Waals surface area contributed by atoms with Crippen molar-refractivity contribution in [2.45, 2.75) is 13.0 Å². The summed E-state index contributed by atoms with van der Waals surface area (Å²) in [6.07, 6.45) is 0. The van der Waals surface area contributed by atoms with E-state index in [9.17, 15) is 0 Å². The van der Waals surface area contributed by atoms with Gasteiger partial charge >= 0.3 is 0 Å². The Morgan fingerprint density at radius 2 is 1.96 bits per heavy atom. The van der Waals surface area contributed by atoms with Gasteiger partial charge in [0.2, 0.25) is 6.79 Å². The predicted octanol–water partition coefficient (Wildman–Crippen LogP) is 4.77. The number of nitrogens with one attached hydrogen (secondary N) is 2.